The van der Waals surface area contributed by atoms with Gasteiger partial charge in [-0.05, 0) is 55.3 Å². The Hall–Kier alpha value is -3.28. The molecule has 150 valence electrons. The smallest absolute Gasteiger partial charge is 0.135 e. The van der Waals surface area contributed by atoms with Crippen LogP contribution in [0.1, 0.15) is 11.1 Å². The number of benzene rings is 2. The van der Waals surface area contributed by atoms with Gasteiger partial charge in [-0.25, -0.2) is 9.97 Å². The Labute approximate surface area is 172 Å². The molecule has 0 atom stereocenters. The number of aromatic nitrogens is 2. The first-order valence-electron chi connectivity index (χ1n) is 9.92. The second-order valence-corrected chi connectivity index (χ2v) is 7.38. The van der Waals surface area contributed by atoms with E-state index in [0.29, 0.717) is 0 Å². The van der Waals surface area contributed by atoms with E-state index in [1.165, 1.54) is 16.8 Å². The van der Waals surface area contributed by atoms with Crippen LogP contribution in [0, 0.1) is 13.8 Å². The van der Waals surface area contributed by atoms with Gasteiger partial charge >= 0.3 is 0 Å². The van der Waals surface area contributed by atoms with Crippen molar-refractivity contribution in [2.45, 2.75) is 13.8 Å². The summed E-state index contributed by atoms with van der Waals surface area (Å²) < 4.78 is 5.25. The van der Waals surface area contributed by atoms with Gasteiger partial charge in [-0.1, -0.05) is 12.1 Å². The number of aryl methyl sites for hydroxylation is 2. The van der Waals surface area contributed by atoms with Crippen molar-refractivity contribution in [3.63, 3.8) is 0 Å². The van der Waals surface area contributed by atoms with Crippen molar-refractivity contribution in [3.8, 4) is 5.75 Å². The number of nitrogens with zero attached hydrogens (tertiary/aromatic N) is 4. The molecule has 1 aliphatic rings. The van der Waals surface area contributed by atoms with Crippen LogP contribution in [0.15, 0.2) is 54.9 Å². The third-order valence-corrected chi connectivity index (χ3v) is 5.35. The van der Waals surface area contributed by atoms with Gasteiger partial charge in [0.05, 0.1) is 7.11 Å². The Balaban J connectivity index is 1.42. The average molecular weight is 390 g/mol. The first-order valence-corrected chi connectivity index (χ1v) is 9.92. The monoisotopic (exact) mass is 389 g/mol. The summed E-state index contributed by atoms with van der Waals surface area (Å²) in [6, 6.07) is 16.7. The van der Waals surface area contributed by atoms with Gasteiger partial charge < -0.3 is 19.9 Å². The molecule has 0 unspecified atom stereocenters. The molecule has 0 aliphatic carbocycles. The Kier molecular flexibility index (Phi) is 5.51. The topological polar surface area (TPSA) is 53.5 Å². The summed E-state index contributed by atoms with van der Waals surface area (Å²) in [6.07, 6.45) is 1.64. The van der Waals surface area contributed by atoms with Crippen LogP contribution in [-0.2, 0) is 0 Å². The molecule has 2 heterocycles. The lowest BCUT2D eigenvalue weighted by atomic mass is 10.1. The van der Waals surface area contributed by atoms with E-state index in [9.17, 15) is 0 Å². The molecule has 3 aromatic rings. The number of anilines is 4. The van der Waals surface area contributed by atoms with Crippen molar-refractivity contribution in [2.24, 2.45) is 0 Å². The van der Waals surface area contributed by atoms with E-state index < -0.39 is 0 Å². The van der Waals surface area contributed by atoms with Crippen molar-refractivity contribution in [3.05, 3.63) is 66.0 Å². The van der Waals surface area contributed by atoms with Crippen LogP contribution >= 0.6 is 0 Å². The lowest BCUT2D eigenvalue weighted by Crippen LogP contribution is -2.46. The quantitative estimate of drug-likeness (QED) is 0.707. The van der Waals surface area contributed by atoms with Crippen molar-refractivity contribution in [1.29, 1.82) is 0 Å². The molecule has 1 aliphatic heterocycles. The maximum Gasteiger partial charge on any atom is 0.135 e. The molecule has 0 spiro atoms. The largest absolute Gasteiger partial charge is 0.497 e. The van der Waals surface area contributed by atoms with Gasteiger partial charge in [-0.15, -0.1) is 0 Å². The first-order chi connectivity index (χ1) is 14.1. The van der Waals surface area contributed by atoms with E-state index in [0.717, 1.165) is 49.3 Å². The molecule has 0 radical (unpaired) electrons. The normalized spacial score (nSPS) is 14.0. The minimum atomic E-state index is 0.821. The predicted molar refractivity (Wildman–Crippen MR) is 119 cm³/mol. The fourth-order valence-electron chi connectivity index (χ4n) is 3.58. The number of hydrogen-bond acceptors (Lipinski definition) is 6. The van der Waals surface area contributed by atoms with E-state index in [4.69, 9.17) is 4.74 Å². The van der Waals surface area contributed by atoms with Gasteiger partial charge in [-0.3, -0.25) is 0 Å². The molecule has 1 fully saturated rings. The molecule has 1 aromatic heterocycles. The van der Waals surface area contributed by atoms with E-state index >= 15 is 0 Å². The van der Waals surface area contributed by atoms with Crippen molar-refractivity contribution < 1.29 is 4.74 Å². The average Bonchev–Trinajstić information content (AvgIpc) is 2.77. The minimum Gasteiger partial charge on any atom is -0.497 e. The lowest BCUT2D eigenvalue weighted by molar-refractivity contribution is 0.415. The molecule has 1 saturated heterocycles. The maximum absolute atomic E-state index is 5.25. The second-order valence-electron chi connectivity index (χ2n) is 7.38. The fraction of sp³-hybridized carbons (Fsp3) is 0.304. The van der Waals surface area contributed by atoms with Crippen LogP contribution in [0.25, 0.3) is 0 Å². The zero-order valence-electron chi connectivity index (χ0n) is 17.2. The van der Waals surface area contributed by atoms with Gasteiger partial charge in [0, 0.05) is 43.6 Å². The molecular weight excluding hydrogens is 362 g/mol. The van der Waals surface area contributed by atoms with Crippen molar-refractivity contribution >= 4 is 23.0 Å². The summed E-state index contributed by atoms with van der Waals surface area (Å²) in [7, 11) is 1.69. The molecule has 6 nitrogen and oxygen atoms in total. The first kappa shape index (κ1) is 19.1. The van der Waals surface area contributed by atoms with Gasteiger partial charge in [-0.2, -0.15) is 0 Å². The number of rotatable bonds is 5. The van der Waals surface area contributed by atoms with E-state index in [2.05, 4.69) is 69.3 Å². The Morgan fingerprint density at radius 2 is 1.59 bits per heavy atom. The lowest BCUT2D eigenvalue weighted by Gasteiger charge is -2.36. The van der Waals surface area contributed by atoms with E-state index in [1.807, 2.05) is 18.2 Å². The molecule has 0 saturated carbocycles. The second kappa shape index (κ2) is 8.39. The third kappa shape index (κ3) is 4.42. The van der Waals surface area contributed by atoms with Crippen LogP contribution in [0.3, 0.4) is 0 Å². The minimum absolute atomic E-state index is 0.821. The highest BCUT2D eigenvalue weighted by atomic mass is 16.5. The molecule has 4 rings (SSSR count). The van der Waals surface area contributed by atoms with Gasteiger partial charge in [0.25, 0.3) is 0 Å². The Bertz CT molecular complexity index is 965. The van der Waals surface area contributed by atoms with Crippen LogP contribution in [0.2, 0.25) is 0 Å². The zero-order chi connectivity index (χ0) is 20.2. The standard InChI is InChI=1S/C23H27N5O/c1-17-4-5-18(2)21(14-17)26-22-15-23(25-16-24-22)28-12-10-27(11-13-28)19-6-8-20(29-3)9-7-19/h4-9,14-16H,10-13H2,1-3H3,(H,24,25,26). The Morgan fingerprint density at radius 1 is 0.862 bits per heavy atom. The zero-order valence-corrected chi connectivity index (χ0v) is 17.2. The van der Waals surface area contributed by atoms with Gasteiger partial charge in [0.2, 0.25) is 0 Å². The van der Waals surface area contributed by atoms with E-state index in [1.54, 1.807) is 13.4 Å². The summed E-state index contributed by atoms with van der Waals surface area (Å²) in [5, 5.41) is 3.44. The van der Waals surface area contributed by atoms with Crippen molar-refractivity contribution in [1.82, 2.24) is 9.97 Å². The molecule has 29 heavy (non-hydrogen) atoms. The summed E-state index contributed by atoms with van der Waals surface area (Å²) in [4.78, 5) is 13.6. The van der Waals surface area contributed by atoms with E-state index in [-0.39, 0.29) is 0 Å². The SMILES string of the molecule is COc1ccc(N2CCN(c3cc(Nc4cc(C)ccc4C)ncn3)CC2)cc1. The summed E-state index contributed by atoms with van der Waals surface area (Å²) >= 11 is 0. The number of ether oxygens (including phenoxy) is 1. The highest BCUT2D eigenvalue weighted by Gasteiger charge is 2.19. The third-order valence-electron chi connectivity index (χ3n) is 5.35. The van der Waals surface area contributed by atoms with Crippen LogP contribution < -0.4 is 19.9 Å². The molecule has 6 heteroatoms. The maximum atomic E-state index is 5.25. The molecular formula is C23H27N5O. The van der Waals surface area contributed by atoms with Gasteiger partial charge in [0.1, 0.15) is 23.7 Å². The summed E-state index contributed by atoms with van der Waals surface area (Å²) in [5.41, 5.74) is 4.73. The van der Waals surface area contributed by atoms with Gasteiger partial charge in [0.15, 0.2) is 0 Å². The predicted octanol–water partition coefficient (Wildman–Crippen LogP) is 4.17. The number of piperazine rings is 1. The summed E-state index contributed by atoms with van der Waals surface area (Å²) in [5.74, 6) is 2.67. The molecule has 1 N–H and O–H groups in total. The molecule has 2 aromatic carbocycles. The fourth-order valence-corrected chi connectivity index (χ4v) is 3.58. The van der Waals surface area contributed by atoms with Crippen LogP contribution in [0.5, 0.6) is 5.75 Å². The summed E-state index contributed by atoms with van der Waals surface area (Å²) in [6.45, 7) is 7.95. The van der Waals surface area contributed by atoms with Crippen LogP contribution in [-0.4, -0.2) is 43.3 Å². The molecule has 0 amide bonds. The number of methoxy groups -OCH3 is 1. The Morgan fingerprint density at radius 3 is 2.31 bits per heavy atom. The van der Waals surface area contributed by atoms with Crippen LogP contribution in [0.4, 0.5) is 23.0 Å². The highest BCUT2D eigenvalue weighted by Crippen LogP contribution is 2.25. The van der Waals surface area contributed by atoms with Crippen molar-refractivity contribution in [2.75, 3.05) is 48.4 Å². The number of nitrogens with one attached hydrogen (secondary N) is 1. The number of hydrogen-bond donors (Lipinski definition) is 1. The molecule has 0 bridgehead atoms. The highest BCUT2D eigenvalue weighted by molar-refractivity contribution is 5.63.